The zero-order chi connectivity index (χ0) is 13.8. The molecular weight excluding hydrogens is 270 g/mol. The number of rotatable bonds is 4. The highest BCUT2D eigenvalue weighted by atomic mass is 32.1. The van der Waals surface area contributed by atoms with Crippen LogP contribution in [-0.2, 0) is 0 Å². The molecule has 106 valence electrons. The Morgan fingerprint density at radius 2 is 2.40 bits per heavy atom. The van der Waals surface area contributed by atoms with Gasteiger partial charge in [-0.1, -0.05) is 6.92 Å². The zero-order valence-corrected chi connectivity index (χ0v) is 12.4. The van der Waals surface area contributed by atoms with E-state index >= 15 is 0 Å². The van der Waals surface area contributed by atoms with Crippen LogP contribution < -0.4 is 5.32 Å². The first-order chi connectivity index (χ1) is 9.85. The van der Waals surface area contributed by atoms with Crippen molar-refractivity contribution in [1.29, 1.82) is 0 Å². The predicted octanol–water partition coefficient (Wildman–Crippen LogP) is 2.88. The van der Waals surface area contributed by atoms with E-state index in [-0.39, 0.29) is 0 Å². The lowest BCUT2D eigenvalue weighted by atomic mass is 9.95. The van der Waals surface area contributed by atoms with Crippen LogP contribution in [0.2, 0.25) is 0 Å². The summed E-state index contributed by atoms with van der Waals surface area (Å²) in [7, 11) is 0. The lowest BCUT2D eigenvalue weighted by molar-refractivity contribution is 0.216. The van der Waals surface area contributed by atoms with Gasteiger partial charge in [0.15, 0.2) is 10.9 Å². The molecule has 1 N–H and O–H groups in total. The number of likely N-dealkylation sites (tertiary alicyclic amines) is 1. The fourth-order valence-corrected chi connectivity index (χ4v) is 3.39. The van der Waals surface area contributed by atoms with E-state index in [0.29, 0.717) is 5.92 Å². The predicted molar refractivity (Wildman–Crippen MR) is 81.5 cm³/mol. The van der Waals surface area contributed by atoms with E-state index in [4.69, 9.17) is 4.98 Å². The summed E-state index contributed by atoms with van der Waals surface area (Å²) in [4.78, 5) is 15.5. The summed E-state index contributed by atoms with van der Waals surface area (Å²) in [5.41, 5.74) is 1.21. The van der Waals surface area contributed by atoms with Crippen LogP contribution in [0.25, 0.3) is 0 Å². The number of anilines is 2. The summed E-state index contributed by atoms with van der Waals surface area (Å²) < 4.78 is 0. The number of hydrogen-bond acceptors (Lipinski definition) is 6. The van der Waals surface area contributed by atoms with Crippen LogP contribution in [0.4, 0.5) is 10.9 Å². The monoisotopic (exact) mass is 289 g/mol. The Morgan fingerprint density at radius 3 is 3.20 bits per heavy atom. The number of piperidine rings is 1. The molecule has 3 rings (SSSR count). The molecule has 1 aliphatic rings. The van der Waals surface area contributed by atoms with E-state index < -0.39 is 0 Å². The molecule has 0 aromatic carbocycles. The minimum atomic E-state index is 0.567. The van der Waals surface area contributed by atoms with Gasteiger partial charge in [-0.25, -0.2) is 9.97 Å². The average molecular weight is 289 g/mol. The average Bonchev–Trinajstić information content (AvgIpc) is 2.97. The van der Waals surface area contributed by atoms with E-state index in [0.717, 1.165) is 24.0 Å². The molecule has 1 aliphatic heterocycles. The Morgan fingerprint density at radius 1 is 1.45 bits per heavy atom. The van der Waals surface area contributed by atoms with Gasteiger partial charge in [0, 0.05) is 30.2 Å². The van der Waals surface area contributed by atoms with Gasteiger partial charge >= 0.3 is 0 Å². The third kappa shape index (κ3) is 3.13. The molecule has 0 spiro atoms. The van der Waals surface area contributed by atoms with E-state index in [1.54, 1.807) is 29.9 Å². The second-order valence-corrected chi connectivity index (χ2v) is 5.88. The van der Waals surface area contributed by atoms with Crippen LogP contribution in [-0.4, -0.2) is 39.5 Å². The Bertz CT molecular complexity index is 542. The van der Waals surface area contributed by atoms with Crippen LogP contribution in [0.3, 0.4) is 0 Å². The maximum Gasteiger partial charge on any atom is 0.188 e. The van der Waals surface area contributed by atoms with E-state index in [1.807, 2.05) is 0 Å². The van der Waals surface area contributed by atoms with Crippen molar-refractivity contribution in [3.63, 3.8) is 0 Å². The fourth-order valence-electron chi connectivity index (χ4n) is 2.59. The smallest absolute Gasteiger partial charge is 0.188 e. The summed E-state index contributed by atoms with van der Waals surface area (Å²) in [6.45, 7) is 5.71. The number of nitrogens with one attached hydrogen (secondary N) is 1. The van der Waals surface area contributed by atoms with Gasteiger partial charge in [-0.05, 0) is 25.9 Å². The van der Waals surface area contributed by atoms with Gasteiger partial charge in [0.25, 0.3) is 0 Å². The molecular formula is C14H19N5S. The van der Waals surface area contributed by atoms with Crippen LogP contribution in [0.1, 0.15) is 31.4 Å². The van der Waals surface area contributed by atoms with Gasteiger partial charge in [0.2, 0.25) is 0 Å². The number of thiazole rings is 1. The van der Waals surface area contributed by atoms with E-state index in [2.05, 4.69) is 32.5 Å². The highest BCUT2D eigenvalue weighted by Gasteiger charge is 2.22. The minimum Gasteiger partial charge on any atom is -0.315 e. The maximum absolute atomic E-state index is 4.71. The second kappa shape index (κ2) is 6.28. The molecule has 0 amide bonds. The zero-order valence-electron chi connectivity index (χ0n) is 11.6. The number of nitrogens with zero attached hydrogens (tertiary/aromatic N) is 4. The van der Waals surface area contributed by atoms with Crippen molar-refractivity contribution in [2.24, 2.45) is 0 Å². The summed E-state index contributed by atoms with van der Waals surface area (Å²) in [5.74, 6) is 1.31. The van der Waals surface area contributed by atoms with Crippen molar-refractivity contribution >= 4 is 22.3 Å². The van der Waals surface area contributed by atoms with Crippen molar-refractivity contribution in [2.75, 3.05) is 25.0 Å². The summed E-state index contributed by atoms with van der Waals surface area (Å²) >= 11 is 1.64. The molecule has 1 atom stereocenters. The van der Waals surface area contributed by atoms with Crippen molar-refractivity contribution < 1.29 is 0 Å². The van der Waals surface area contributed by atoms with Crippen molar-refractivity contribution in [1.82, 2.24) is 19.9 Å². The Labute approximate surface area is 123 Å². The number of likely N-dealkylation sites (N-methyl/N-ethyl adjacent to an activating group) is 1. The molecule has 3 heterocycles. The lowest BCUT2D eigenvalue weighted by Crippen LogP contribution is -2.34. The second-order valence-electron chi connectivity index (χ2n) is 5.03. The number of hydrogen-bond donors (Lipinski definition) is 1. The van der Waals surface area contributed by atoms with E-state index in [9.17, 15) is 0 Å². The van der Waals surface area contributed by atoms with Crippen molar-refractivity contribution in [3.05, 3.63) is 29.7 Å². The molecule has 2 aromatic rings. The molecule has 20 heavy (non-hydrogen) atoms. The van der Waals surface area contributed by atoms with Gasteiger partial charge in [-0.2, -0.15) is 0 Å². The fraction of sp³-hybridized carbons (Fsp3) is 0.500. The minimum absolute atomic E-state index is 0.567. The molecule has 1 fully saturated rings. The van der Waals surface area contributed by atoms with Crippen LogP contribution in [0, 0.1) is 0 Å². The summed E-state index contributed by atoms with van der Waals surface area (Å²) in [6, 6.07) is 0. The van der Waals surface area contributed by atoms with Gasteiger partial charge in [0.1, 0.15) is 0 Å². The first kappa shape index (κ1) is 13.5. The van der Waals surface area contributed by atoms with Gasteiger partial charge < -0.3 is 10.2 Å². The first-order valence-corrected chi connectivity index (χ1v) is 7.94. The largest absolute Gasteiger partial charge is 0.315 e. The lowest BCUT2D eigenvalue weighted by Gasteiger charge is -2.30. The van der Waals surface area contributed by atoms with Crippen LogP contribution in [0.5, 0.6) is 0 Å². The molecule has 5 nitrogen and oxygen atoms in total. The molecule has 2 aromatic heterocycles. The highest BCUT2D eigenvalue weighted by Crippen LogP contribution is 2.30. The van der Waals surface area contributed by atoms with Crippen LogP contribution in [0.15, 0.2) is 24.0 Å². The molecule has 0 bridgehead atoms. The normalized spacial score (nSPS) is 19.9. The number of aromatic nitrogens is 3. The molecule has 0 saturated carbocycles. The Balaban J connectivity index is 1.67. The molecule has 0 radical (unpaired) electrons. The quantitative estimate of drug-likeness (QED) is 0.938. The molecule has 1 unspecified atom stereocenters. The Kier molecular flexibility index (Phi) is 4.22. The van der Waals surface area contributed by atoms with Gasteiger partial charge in [0.05, 0.1) is 11.9 Å². The standard InChI is InChI=1S/C14H19N5S/c1-2-19-7-3-4-11(9-19)12-10-20-14(17-12)18-13-8-15-5-6-16-13/h5-6,8,10-11H,2-4,7,9H2,1H3,(H,16,17,18). The molecule has 0 aliphatic carbocycles. The Hall–Kier alpha value is -1.53. The topological polar surface area (TPSA) is 53.9 Å². The summed E-state index contributed by atoms with van der Waals surface area (Å²) in [5, 5.41) is 6.28. The third-order valence-electron chi connectivity index (χ3n) is 3.69. The van der Waals surface area contributed by atoms with Gasteiger partial charge in [-0.15, -0.1) is 11.3 Å². The van der Waals surface area contributed by atoms with E-state index in [1.165, 1.54) is 25.1 Å². The third-order valence-corrected chi connectivity index (χ3v) is 4.47. The van der Waals surface area contributed by atoms with Crippen molar-refractivity contribution in [2.45, 2.75) is 25.7 Å². The SMILES string of the molecule is CCN1CCCC(c2csc(Nc3cnccn3)n2)C1. The maximum atomic E-state index is 4.71. The van der Waals surface area contributed by atoms with Gasteiger partial charge in [-0.3, -0.25) is 4.98 Å². The molecule has 6 heteroatoms. The van der Waals surface area contributed by atoms with Crippen LogP contribution >= 0.6 is 11.3 Å². The summed E-state index contributed by atoms with van der Waals surface area (Å²) in [6.07, 6.45) is 7.56. The molecule has 1 saturated heterocycles. The highest BCUT2D eigenvalue weighted by molar-refractivity contribution is 7.13. The first-order valence-electron chi connectivity index (χ1n) is 7.06. The van der Waals surface area contributed by atoms with Crippen molar-refractivity contribution in [3.8, 4) is 0 Å².